The molecule has 1 saturated carbocycles. The molecule has 1 aliphatic rings. The van der Waals surface area contributed by atoms with Gasteiger partial charge in [0.25, 0.3) is 0 Å². The number of aryl methyl sites for hydroxylation is 1. The van der Waals surface area contributed by atoms with Crippen molar-refractivity contribution in [2.24, 2.45) is 5.92 Å². The van der Waals surface area contributed by atoms with Gasteiger partial charge in [0.2, 0.25) is 0 Å². The van der Waals surface area contributed by atoms with Gasteiger partial charge in [0.05, 0.1) is 5.60 Å². The van der Waals surface area contributed by atoms with Gasteiger partial charge in [-0.25, -0.2) is 4.98 Å². The fourth-order valence-corrected chi connectivity index (χ4v) is 2.18. The molecule has 1 unspecified atom stereocenters. The minimum Gasteiger partial charge on any atom is -0.390 e. The fraction of sp³-hybridized carbons (Fsp3) is 0.833. The zero-order valence-corrected chi connectivity index (χ0v) is 10.2. The first kappa shape index (κ1) is 11.6. The number of rotatable bonds is 6. The monoisotopic (exact) mass is 223 g/mol. The van der Waals surface area contributed by atoms with Crippen molar-refractivity contribution in [1.82, 2.24) is 14.8 Å². The fourth-order valence-electron chi connectivity index (χ4n) is 2.18. The van der Waals surface area contributed by atoms with Crippen molar-refractivity contribution in [3.05, 3.63) is 12.2 Å². The number of hydrogen-bond acceptors (Lipinski definition) is 3. The molecule has 0 amide bonds. The highest BCUT2D eigenvalue weighted by molar-refractivity contribution is 4.95. The van der Waals surface area contributed by atoms with Crippen LogP contribution in [0.3, 0.4) is 0 Å². The molecule has 0 saturated heterocycles. The van der Waals surface area contributed by atoms with Gasteiger partial charge in [0, 0.05) is 13.0 Å². The average Bonchev–Trinajstić information content (AvgIpc) is 2.88. The minimum atomic E-state index is -0.625. The molecule has 1 N–H and O–H groups in total. The molecule has 0 radical (unpaired) electrons. The number of aromatic nitrogens is 3. The molecule has 0 spiro atoms. The molecule has 1 aromatic heterocycles. The highest BCUT2D eigenvalue weighted by Crippen LogP contribution is 2.37. The van der Waals surface area contributed by atoms with Crippen LogP contribution in [0, 0.1) is 5.92 Å². The summed E-state index contributed by atoms with van der Waals surface area (Å²) >= 11 is 0. The van der Waals surface area contributed by atoms with Crippen LogP contribution in [-0.4, -0.2) is 25.5 Å². The van der Waals surface area contributed by atoms with Crippen LogP contribution in [0.1, 0.15) is 45.4 Å². The van der Waals surface area contributed by atoms with E-state index in [1.165, 1.54) is 12.8 Å². The first-order chi connectivity index (χ1) is 7.61. The summed E-state index contributed by atoms with van der Waals surface area (Å²) in [7, 11) is 0. The highest BCUT2D eigenvalue weighted by atomic mass is 16.3. The molecule has 1 aromatic rings. The quantitative estimate of drug-likeness (QED) is 0.799. The molecule has 1 heterocycles. The molecule has 1 fully saturated rings. The zero-order chi connectivity index (χ0) is 11.6. The van der Waals surface area contributed by atoms with Gasteiger partial charge in [-0.1, -0.05) is 19.8 Å². The van der Waals surface area contributed by atoms with Crippen LogP contribution < -0.4 is 0 Å². The van der Waals surface area contributed by atoms with Crippen LogP contribution in [0.25, 0.3) is 0 Å². The van der Waals surface area contributed by atoms with E-state index in [-0.39, 0.29) is 0 Å². The van der Waals surface area contributed by atoms with Crippen LogP contribution in [0.5, 0.6) is 0 Å². The van der Waals surface area contributed by atoms with Crippen LogP contribution in [0.4, 0.5) is 0 Å². The Morgan fingerprint density at radius 3 is 2.94 bits per heavy atom. The lowest BCUT2D eigenvalue weighted by molar-refractivity contribution is 0.0424. The molecule has 1 aliphatic carbocycles. The Balaban J connectivity index is 1.97. The molecule has 16 heavy (non-hydrogen) atoms. The van der Waals surface area contributed by atoms with E-state index in [9.17, 15) is 5.11 Å². The molecule has 90 valence electrons. The van der Waals surface area contributed by atoms with Crippen molar-refractivity contribution in [3.63, 3.8) is 0 Å². The molecule has 4 nitrogen and oxygen atoms in total. The third-order valence-electron chi connectivity index (χ3n) is 3.10. The number of aliphatic hydroxyl groups is 1. The van der Waals surface area contributed by atoms with Crippen molar-refractivity contribution in [2.75, 3.05) is 0 Å². The van der Waals surface area contributed by atoms with E-state index in [1.54, 1.807) is 6.33 Å². The van der Waals surface area contributed by atoms with Crippen LogP contribution >= 0.6 is 0 Å². The van der Waals surface area contributed by atoms with E-state index in [2.05, 4.69) is 17.0 Å². The summed E-state index contributed by atoms with van der Waals surface area (Å²) in [5.74, 6) is 1.64. The topological polar surface area (TPSA) is 50.9 Å². The van der Waals surface area contributed by atoms with E-state index in [1.807, 2.05) is 11.6 Å². The normalized spacial score (nSPS) is 19.7. The van der Waals surface area contributed by atoms with Gasteiger partial charge in [-0.2, -0.15) is 5.10 Å². The summed E-state index contributed by atoms with van der Waals surface area (Å²) in [4.78, 5) is 4.24. The Bertz CT molecular complexity index is 342. The summed E-state index contributed by atoms with van der Waals surface area (Å²) in [5.41, 5.74) is -0.625. The maximum atomic E-state index is 10.3. The van der Waals surface area contributed by atoms with Gasteiger partial charge in [-0.05, 0) is 25.7 Å². The third-order valence-corrected chi connectivity index (χ3v) is 3.10. The summed E-state index contributed by atoms with van der Waals surface area (Å²) in [6.07, 6.45) is 6.68. The van der Waals surface area contributed by atoms with E-state index < -0.39 is 5.60 Å². The van der Waals surface area contributed by atoms with Crippen molar-refractivity contribution < 1.29 is 5.11 Å². The molecule has 0 aliphatic heterocycles. The second kappa shape index (κ2) is 4.53. The summed E-state index contributed by atoms with van der Waals surface area (Å²) in [6.45, 7) is 4.92. The SMILES string of the molecule is CCCn1ncnc1CC(C)(O)CC1CC1. The first-order valence-corrected chi connectivity index (χ1v) is 6.20. The van der Waals surface area contributed by atoms with Gasteiger partial charge in [0.1, 0.15) is 12.2 Å². The Morgan fingerprint density at radius 1 is 1.56 bits per heavy atom. The minimum absolute atomic E-state index is 0.615. The maximum absolute atomic E-state index is 10.3. The van der Waals surface area contributed by atoms with E-state index in [0.717, 1.165) is 31.1 Å². The predicted molar refractivity (Wildman–Crippen MR) is 62.0 cm³/mol. The largest absolute Gasteiger partial charge is 0.390 e. The van der Waals surface area contributed by atoms with Gasteiger partial charge < -0.3 is 5.11 Å². The Hall–Kier alpha value is -0.900. The Labute approximate surface area is 96.7 Å². The summed E-state index contributed by atoms with van der Waals surface area (Å²) in [6, 6.07) is 0. The van der Waals surface area contributed by atoms with E-state index in [4.69, 9.17) is 0 Å². The maximum Gasteiger partial charge on any atom is 0.138 e. The molecule has 4 heteroatoms. The molecule has 1 atom stereocenters. The van der Waals surface area contributed by atoms with Crippen molar-refractivity contribution in [1.29, 1.82) is 0 Å². The van der Waals surface area contributed by atoms with Gasteiger partial charge in [-0.15, -0.1) is 0 Å². The second-order valence-corrected chi connectivity index (χ2v) is 5.22. The second-order valence-electron chi connectivity index (χ2n) is 5.22. The lowest BCUT2D eigenvalue weighted by Gasteiger charge is -2.22. The third kappa shape index (κ3) is 3.04. The lowest BCUT2D eigenvalue weighted by atomic mass is 9.95. The van der Waals surface area contributed by atoms with E-state index >= 15 is 0 Å². The predicted octanol–water partition coefficient (Wildman–Crippen LogP) is 1.78. The smallest absolute Gasteiger partial charge is 0.138 e. The van der Waals surface area contributed by atoms with Gasteiger partial charge in [0.15, 0.2) is 0 Å². The number of hydrogen-bond donors (Lipinski definition) is 1. The van der Waals surface area contributed by atoms with Gasteiger partial charge in [-0.3, -0.25) is 4.68 Å². The summed E-state index contributed by atoms with van der Waals surface area (Å²) in [5, 5.41) is 14.5. The molecular formula is C12H21N3O. The van der Waals surface area contributed by atoms with E-state index in [0.29, 0.717) is 6.42 Å². The van der Waals surface area contributed by atoms with Gasteiger partial charge >= 0.3 is 0 Å². The van der Waals surface area contributed by atoms with Crippen LogP contribution in [-0.2, 0) is 13.0 Å². The Kier molecular flexibility index (Phi) is 3.28. The standard InChI is InChI=1S/C12H21N3O/c1-3-6-15-11(13-9-14-15)8-12(2,16)7-10-4-5-10/h9-10,16H,3-8H2,1-2H3. The Morgan fingerprint density at radius 2 is 2.31 bits per heavy atom. The zero-order valence-electron chi connectivity index (χ0n) is 10.2. The number of nitrogens with zero attached hydrogens (tertiary/aromatic N) is 3. The summed E-state index contributed by atoms with van der Waals surface area (Å²) < 4.78 is 1.90. The van der Waals surface area contributed by atoms with Crippen molar-refractivity contribution in [2.45, 2.75) is 58.1 Å². The molecule has 2 rings (SSSR count). The van der Waals surface area contributed by atoms with Crippen LogP contribution in [0.2, 0.25) is 0 Å². The van der Waals surface area contributed by atoms with Crippen molar-refractivity contribution >= 4 is 0 Å². The van der Waals surface area contributed by atoms with Crippen molar-refractivity contribution in [3.8, 4) is 0 Å². The average molecular weight is 223 g/mol. The molecule has 0 aromatic carbocycles. The molecule has 0 bridgehead atoms. The highest BCUT2D eigenvalue weighted by Gasteiger charge is 2.32. The molecular weight excluding hydrogens is 202 g/mol. The first-order valence-electron chi connectivity index (χ1n) is 6.20. The van der Waals surface area contributed by atoms with Crippen LogP contribution in [0.15, 0.2) is 6.33 Å². The lowest BCUT2D eigenvalue weighted by Crippen LogP contribution is -2.29.